The second kappa shape index (κ2) is 6.90. The van der Waals surface area contributed by atoms with E-state index in [0.717, 1.165) is 12.1 Å². The highest BCUT2D eigenvalue weighted by molar-refractivity contribution is 7.51. The van der Waals surface area contributed by atoms with Crippen LogP contribution in [0.3, 0.4) is 0 Å². The fourth-order valence-electron chi connectivity index (χ4n) is 2.65. The highest BCUT2D eigenvalue weighted by Gasteiger charge is 2.17. The maximum atomic E-state index is 13.7. The second-order valence-corrected chi connectivity index (χ2v) is 8.19. The molecule has 0 saturated heterocycles. The standard InChI is InChI=1S/C16H19F2N4O3P/c1-8(2)15-21-13-9-6-10(17)11(18)7-12(9)20-14(13)16(22-15)19-4-3-5-26(23,24)25/h6-8,20H,3-5H2,1-2H3,(H,19,21,22)(H2,23,24,25). The van der Waals surface area contributed by atoms with Gasteiger partial charge in [-0.15, -0.1) is 0 Å². The van der Waals surface area contributed by atoms with Crippen LogP contribution in [0.15, 0.2) is 12.1 Å². The van der Waals surface area contributed by atoms with Gasteiger partial charge in [0.2, 0.25) is 0 Å². The molecule has 0 fully saturated rings. The molecule has 10 heteroatoms. The SMILES string of the molecule is CC(C)c1nc(NCCCP(=O)(O)O)c2[nH]c3cc(F)c(F)cc3c2n1. The molecule has 2 aromatic heterocycles. The van der Waals surface area contributed by atoms with E-state index >= 15 is 0 Å². The molecular weight excluding hydrogens is 365 g/mol. The number of nitrogens with one attached hydrogen (secondary N) is 2. The molecule has 140 valence electrons. The summed E-state index contributed by atoms with van der Waals surface area (Å²) < 4.78 is 38.1. The number of hydrogen-bond acceptors (Lipinski definition) is 4. The maximum absolute atomic E-state index is 13.7. The van der Waals surface area contributed by atoms with E-state index in [1.165, 1.54) is 0 Å². The van der Waals surface area contributed by atoms with Crippen molar-refractivity contribution in [2.75, 3.05) is 18.0 Å². The molecule has 0 aliphatic rings. The Kier molecular flexibility index (Phi) is 4.96. The molecule has 0 aliphatic heterocycles. The van der Waals surface area contributed by atoms with Gasteiger partial charge in [-0.3, -0.25) is 4.57 Å². The molecule has 0 radical (unpaired) electrons. The Morgan fingerprint density at radius 3 is 2.58 bits per heavy atom. The maximum Gasteiger partial charge on any atom is 0.325 e. The molecule has 0 bridgehead atoms. The molecule has 0 saturated carbocycles. The summed E-state index contributed by atoms with van der Waals surface area (Å²) in [6, 6.07) is 2.16. The van der Waals surface area contributed by atoms with Crippen LogP contribution in [0.1, 0.15) is 32.0 Å². The zero-order valence-corrected chi connectivity index (χ0v) is 15.1. The van der Waals surface area contributed by atoms with E-state index in [0.29, 0.717) is 33.6 Å². The van der Waals surface area contributed by atoms with Crippen molar-refractivity contribution in [1.29, 1.82) is 0 Å². The Hall–Kier alpha value is -2.09. The van der Waals surface area contributed by atoms with Gasteiger partial charge >= 0.3 is 7.60 Å². The number of aromatic amines is 1. The van der Waals surface area contributed by atoms with Gasteiger partial charge in [0.1, 0.15) is 16.9 Å². The van der Waals surface area contributed by atoms with Gasteiger partial charge in [-0.05, 0) is 12.5 Å². The quantitative estimate of drug-likeness (QED) is 0.382. The van der Waals surface area contributed by atoms with Crippen molar-refractivity contribution in [3.63, 3.8) is 0 Å². The lowest BCUT2D eigenvalue weighted by atomic mass is 10.2. The smallest absolute Gasteiger partial charge is 0.325 e. The van der Waals surface area contributed by atoms with Crippen LogP contribution in [0.4, 0.5) is 14.6 Å². The summed E-state index contributed by atoms with van der Waals surface area (Å²) in [5, 5.41) is 3.48. The molecule has 0 atom stereocenters. The molecule has 4 N–H and O–H groups in total. The Morgan fingerprint density at radius 1 is 1.23 bits per heavy atom. The van der Waals surface area contributed by atoms with E-state index in [9.17, 15) is 13.3 Å². The highest BCUT2D eigenvalue weighted by Crippen LogP contribution is 2.35. The molecular formula is C16H19F2N4O3P. The minimum absolute atomic E-state index is 0.00490. The summed E-state index contributed by atoms with van der Waals surface area (Å²) in [5.41, 5.74) is 1.35. The molecule has 0 unspecified atom stereocenters. The summed E-state index contributed by atoms with van der Waals surface area (Å²) in [6.45, 7) is 4.11. The molecule has 7 nitrogen and oxygen atoms in total. The molecule has 0 amide bonds. The third kappa shape index (κ3) is 3.85. The number of fused-ring (bicyclic) bond motifs is 3. The number of aromatic nitrogens is 3. The lowest BCUT2D eigenvalue weighted by Gasteiger charge is -2.11. The van der Waals surface area contributed by atoms with E-state index < -0.39 is 19.2 Å². The van der Waals surface area contributed by atoms with E-state index in [2.05, 4.69) is 20.3 Å². The largest absolute Gasteiger partial charge is 0.368 e. The van der Waals surface area contributed by atoms with Crippen LogP contribution in [0.2, 0.25) is 0 Å². The van der Waals surface area contributed by atoms with Crippen LogP contribution < -0.4 is 5.32 Å². The lowest BCUT2D eigenvalue weighted by Crippen LogP contribution is -2.09. The monoisotopic (exact) mass is 384 g/mol. The Labute approximate surface area is 148 Å². The molecule has 0 spiro atoms. The summed E-state index contributed by atoms with van der Waals surface area (Å²) in [4.78, 5) is 29.8. The first kappa shape index (κ1) is 18.7. The predicted molar refractivity (Wildman–Crippen MR) is 95.4 cm³/mol. The van der Waals surface area contributed by atoms with Crippen molar-refractivity contribution in [2.45, 2.75) is 26.2 Å². The van der Waals surface area contributed by atoms with E-state index in [-0.39, 0.29) is 25.0 Å². The molecule has 2 heterocycles. The van der Waals surface area contributed by atoms with Crippen LogP contribution in [-0.2, 0) is 4.57 Å². The van der Waals surface area contributed by atoms with Gasteiger partial charge in [0.15, 0.2) is 17.5 Å². The normalized spacial score (nSPS) is 12.4. The predicted octanol–water partition coefficient (Wildman–Crippen LogP) is 3.49. The van der Waals surface area contributed by atoms with Gasteiger partial charge < -0.3 is 20.1 Å². The van der Waals surface area contributed by atoms with Crippen LogP contribution in [-0.4, -0.2) is 37.4 Å². The van der Waals surface area contributed by atoms with Crippen molar-refractivity contribution < 1.29 is 23.1 Å². The second-order valence-electron chi connectivity index (χ2n) is 6.41. The van der Waals surface area contributed by atoms with Gasteiger partial charge in [-0.2, -0.15) is 0 Å². The summed E-state index contributed by atoms with van der Waals surface area (Å²) in [5.74, 6) is -0.955. The van der Waals surface area contributed by atoms with Gasteiger partial charge in [0.25, 0.3) is 0 Å². The topological polar surface area (TPSA) is 111 Å². The summed E-state index contributed by atoms with van der Waals surface area (Å²) in [6.07, 6.45) is 0.00462. The first-order chi connectivity index (χ1) is 12.2. The van der Waals surface area contributed by atoms with E-state index in [1.807, 2.05) is 13.8 Å². The Balaban J connectivity index is 2.04. The van der Waals surface area contributed by atoms with Crippen molar-refractivity contribution >= 4 is 35.3 Å². The first-order valence-electron chi connectivity index (χ1n) is 8.12. The minimum Gasteiger partial charge on any atom is -0.368 e. The highest BCUT2D eigenvalue weighted by atomic mass is 31.2. The van der Waals surface area contributed by atoms with Crippen LogP contribution in [0.25, 0.3) is 21.9 Å². The van der Waals surface area contributed by atoms with E-state index in [1.54, 1.807) is 0 Å². The third-order valence-corrected chi connectivity index (χ3v) is 4.84. The number of benzene rings is 1. The Morgan fingerprint density at radius 2 is 1.92 bits per heavy atom. The number of halogens is 2. The lowest BCUT2D eigenvalue weighted by molar-refractivity contribution is 0.372. The zero-order valence-electron chi connectivity index (χ0n) is 14.3. The average molecular weight is 384 g/mol. The average Bonchev–Trinajstić information content (AvgIpc) is 2.88. The van der Waals surface area contributed by atoms with Gasteiger partial charge in [-0.25, -0.2) is 18.7 Å². The van der Waals surface area contributed by atoms with Gasteiger partial charge in [0.05, 0.1) is 11.7 Å². The summed E-state index contributed by atoms with van der Waals surface area (Å²) >= 11 is 0. The number of nitrogens with zero attached hydrogens (tertiary/aromatic N) is 2. The van der Waals surface area contributed by atoms with Crippen molar-refractivity contribution in [3.8, 4) is 0 Å². The molecule has 1 aromatic carbocycles. The fourth-order valence-corrected chi connectivity index (χ4v) is 3.22. The zero-order chi connectivity index (χ0) is 19.1. The molecule has 3 rings (SSSR count). The van der Waals surface area contributed by atoms with Gasteiger partial charge in [-0.1, -0.05) is 13.8 Å². The van der Waals surface area contributed by atoms with Crippen LogP contribution in [0, 0.1) is 11.6 Å². The Bertz CT molecular complexity index is 1020. The molecule has 26 heavy (non-hydrogen) atoms. The fraction of sp³-hybridized carbons (Fsp3) is 0.375. The van der Waals surface area contributed by atoms with Crippen molar-refractivity contribution in [3.05, 3.63) is 29.6 Å². The molecule has 0 aliphatic carbocycles. The van der Waals surface area contributed by atoms with Crippen LogP contribution in [0.5, 0.6) is 0 Å². The number of hydrogen-bond donors (Lipinski definition) is 4. The number of anilines is 1. The number of H-pyrrole nitrogens is 1. The molecule has 3 aromatic rings. The minimum atomic E-state index is -4.06. The number of rotatable bonds is 6. The van der Waals surface area contributed by atoms with Crippen LogP contribution >= 0.6 is 7.60 Å². The first-order valence-corrected chi connectivity index (χ1v) is 9.92. The van der Waals surface area contributed by atoms with Crippen molar-refractivity contribution in [1.82, 2.24) is 15.0 Å². The summed E-state index contributed by atoms with van der Waals surface area (Å²) in [7, 11) is -4.06. The third-order valence-electron chi connectivity index (χ3n) is 3.94. The van der Waals surface area contributed by atoms with E-state index in [4.69, 9.17) is 9.79 Å². The van der Waals surface area contributed by atoms with Gasteiger partial charge in [0, 0.05) is 23.9 Å². The van der Waals surface area contributed by atoms with Crippen molar-refractivity contribution in [2.24, 2.45) is 0 Å².